The van der Waals surface area contributed by atoms with Gasteiger partial charge < -0.3 is 15.4 Å². The fourth-order valence-corrected chi connectivity index (χ4v) is 2.40. The Kier molecular flexibility index (Phi) is 9.19. The quantitative estimate of drug-likeness (QED) is 0.394. The average Bonchev–Trinajstić information content (AvgIpc) is 2.67. The van der Waals surface area contributed by atoms with Crippen molar-refractivity contribution in [2.24, 2.45) is 4.99 Å². The molecule has 0 aliphatic carbocycles. The van der Waals surface area contributed by atoms with Crippen LogP contribution in [0.25, 0.3) is 0 Å². The maximum atomic E-state index is 5.71. The Morgan fingerprint density at radius 2 is 1.56 bits per heavy atom. The molecule has 0 saturated carbocycles. The molecule has 0 fully saturated rings. The van der Waals surface area contributed by atoms with Crippen molar-refractivity contribution in [3.8, 4) is 0 Å². The molecular formula is C21H29N3O. The number of hydrogen-bond acceptors (Lipinski definition) is 2. The number of aliphatic imine (C=N–C) groups is 1. The largest absolute Gasteiger partial charge is 0.377 e. The Balaban J connectivity index is 1.59. The fourth-order valence-electron chi connectivity index (χ4n) is 2.40. The zero-order chi connectivity index (χ0) is 17.6. The summed E-state index contributed by atoms with van der Waals surface area (Å²) in [6.45, 7) is 6.01. The van der Waals surface area contributed by atoms with Crippen molar-refractivity contribution in [3.05, 3.63) is 71.8 Å². The molecule has 25 heavy (non-hydrogen) atoms. The normalized spacial score (nSPS) is 11.3. The molecule has 0 amide bonds. The molecule has 0 bridgehead atoms. The number of hydrogen-bond donors (Lipinski definition) is 2. The number of benzene rings is 2. The average molecular weight is 339 g/mol. The predicted octanol–water partition coefficient (Wildman–Crippen LogP) is 3.74. The molecular weight excluding hydrogens is 310 g/mol. The van der Waals surface area contributed by atoms with E-state index < -0.39 is 0 Å². The SMILES string of the molecule is CCNC(=NCc1ccccc1)NCCCCOCc1ccccc1. The Labute approximate surface area is 151 Å². The summed E-state index contributed by atoms with van der Waals surface area (Å²) in [4.78, 5) is 4.62. The molecule has 0 atom stereocenters. The lowest BCUT2D eigenvalue weighted by Crippen LogP contribution is -2.37. The lowest BCUT2D eigenvalue weighted by atomic mass is 10.2. The highest BCUT2D eigenvalue weighted by Gasteiger charge is 1.98. The van der Waals surface area contributed by atoms with Gasteiger partial charge in [0.2, 0.25) is 0 Å². The zero-order valence-electron chi connectivity index (χ0n) is 15.1. The highest BCUT2D eigenvalue weighted by atomic mass is 16.5. The van der Waals surface area contributed by atoms with E-state index in [2.05, 4.69) is 46.8 Å². The third-order valence-electron chi connectivity index (χ3n) is 3.73. The maximum Gasteiger partial charge on any atom is 0.191 e. The number of ether oxygens (including phenoxy) is 1. The standard InChI is InChI=1S/C21H29N3O/c1-2-22-21(24-17-19-11-5-3-6-12-19)23-15-9-10-16-25-18-20-13-7-4-8-14-20/h3-8,11-14H,2,9-10,15-18H2,1H3,(H2,22,23,24). The van der Waals surface area contributed by atoms with Gasteiger partial charge in [0.15, 0.2) is 5.96 Å². The first-order chi connectivity index (χ1) is 12.4. The summed E-state index contributed by atoms with van der Waals surface area (Å²) in [7, 11) is 0. The third-order valence-corrected chi connectivity index (χ3v) is 3.73. The summed E-state index contributed by atoms with van der Waals surface area (Å²) in [5.41, 5.74) is 2.44. The third kappa shape index (κ3) is 8.36. The highest BCUT2D eigenvalue weighted by Crippen LogP contribution is 2.02. The van der Waals surface area contributed by atoms with Gasteiger partial charge in [0.1, 0.15) is 0 Å². The summed E-state index contributed by atoms with van der Waals surface area (Å²) in [6, 6.07) is 20.6. The van der Waals surface area contributed by atoms with Crippen molar-refractivity contribution in [1.82, 2.24) is 10.6 Å². The van der Waals surface area contributed by atoms with Gasteiger partial charge in [-0.1, -0.05) is 60.7 Å². The van der Waals surface area contributed by atoms with E-state index in [1.807, 2.05) is 36.4 Å². The van der Waals surface area contributed by atoms with E-state index in [0.29, 0.717) is 13.2 Å². The van der Waals surface area contributed by atoms with E-state index >= 15 is 0 Å². The topological polar surface area (TPSA) is 45.7 Å². The van der Waals surface area contributed by atoms with Crippen LogP contribution in [0.4, 0.5) is 0 Å². The molecule has 2 N–H and O–H groups in total. The Morgan fingerprint density at radius 3 is 2.24 bits per heavy atom. The second-order valence-electron chi connectivity index (χ2n) is 5.85. The molecule has 2 aromatic rings. The molecule has 0 unspecified atom stereocenters. The molecule has 0 saturated heterocycles. The first-order valence-corrected chi connectivity index (χ1v) is 9.06. The molecule has 0 spiro atoms. The summed E-state index contributed by atoms with van der Waals surface area (Å²) in [6.07, 6.45) is 2.10. The fraction of sp³-hybridized carbons (Fsp3) is 0.381. The molecule has 0 aromatic heterocycles. The monoisotopic (exact) mass is 339 g/mol. The molecule has 134 valence electrons. The summed E-state index contributed by atoms with van der Waals surface area (Å²) < 4.78 is 5.71. The molecule has 2 aromatic carbocycles. The van der Waals surface area contributed by atoms with Crippen LogP contribution < -0.4 is 10.6 Å². The van der Waals surface area contributed by atoms with E-state index in [4.69, 9.17) is 4.74 Å². The van der Waals surface area contributed by atoms with Crippen LogP contribution in [0.3, 0.4) is 0 Å². The first-order valence-electron chi connectivity index (χ1n) is 9.06. The summed E-state index contributed by atoms with van der Waals surface area (Å²) in [5, 5.41) is 6.67. The minimum absolute atomic E-state index is 0.690. The summed E-state index contributed by atoms with van der Waals surface area (Å²) in [5.74, 6) is 0.872. The van der Waals surface area contributed by atoms with E-state index in [1.165, 1.54) is 11.1 Å². The van der Waals surface area contributed by atoms with E-state index in [-0.39, 0.29) is 0 Å². The van der Waals surface area contributed by atoms with Gasteiger partial charge in [0, 0.05) is 19.7 Å². The van der Waals surface area contributed by atoms with Crippen molar-refractivity contribution in [1.29, 1.82) is 0 Å². The maximum absolute atomic E-state index is 5.71. The Bertz CT molecular complexity index is 599. The van der Waals surface area contributed by atoms with Gasteiger partial charge in [-0.3, -0.25) is 0 Å². The number of nitrogens with zero attached hydrogens (tertiary/aromatic N) is 1. The van der Waals surface area contributed by atoms with Crippen LogP contribution in [0, 0.1) is 0 Å². The van der Waals surface area contributed by atoms with Crippen molar-refractivity contribution in [2.75, 3.05) is 19.7 Å². The number of nitrogens with one attached hydrogen (secondary N) is 2. The second kappa shape index (κ2) is 12.1. The smallest absolute Gasteiger partial charge is 0.191 e. The van der Waals surface area contributed by atoms with Crippen LogP contribution in [0.1, 0.15) is 30.9 Å². The van der Waals surface area contributed by atoms with Gasteiger partial charge in [0.25, 0.3) is 0 Å². The lowest BCUT2D eigenvalue weighted by Gasteiger charge is -2.11. The van der Waals surface area contributed by atoms with Crippen molar-refractivity contribution in [2.45, 2.75) is 32.9 Å². The Morgan fingerprint density at radius 1 is 0.880 bits per heavy atom. The molecule has 0 aliphatic heterocycles. The summed E-state index contributed by atoms with van der Waals surface area (Å²) >= 11 is 0. The van der Waals surface area contributed by atoms with Crippen LogP contribution in [0.2, 0.25) is 0 Å². The molecule has 4 heteroatoms. The number of rotatable bonds is 10. The van der Waals surface area contributed by atoms with Gasteiger partial charge in [-0.05, 0) is 30.9 Å². The van der Waals surface area contributed by atoms with Crippen LogP contribution >= 0.6 is 0 Å². The van der Waals surface area contributed by atoms with Crippen molar-refractivity contribution in [3.63, 3.8) is 0 Å². The number of guanidine groups is 1. The van der Waals surface area contributed by atoms with Crippen LogP contribution in [0.15, 0.2) is 65.7 Å². The van der Waals surface area contributed by atoms with Crippen LogP contribution in [-0.2, 0) is 17.9 Å². The molecule has 4 nitrogen and oxygen atoms in total. The molecule has 0 heterocycles. The van der Waals surface area contributed by atoms with E-state index in [1.54, 1.807) is 0 Å². The first kappa shape index (κ1) is 19.0. The minimum Gasteiger partial charge on any atom is -0.377 e. The Hall–Kier alpha value is -2.33. The number of unbranched alkanes of at least 4 members (excludes halogenated alkanes) is 1. The van der Waals surface area contributed by atoms with E-state index in [9.17, 15) is 0 Å². The van der Waals surface area contributed by atoms with Gasteiger partial charge in [-0.15, -0.1) is 0 Å². The van der Waals surface area contributed by atoms with Crippen molar-refractivity contribution >= 4 is 5.96 Å². The molecule has 0 radical (unpaired) electrons. The van der Waals surface area contributed by atoms with Crippen molar-refractivity contribution < 1.29 is 4.74 Å². The van der Waals surface area contributed by atoms with Gasteiger partial charge in [-0.25, -0.2) is 4.99 Å². The zero-order valence-corrected chi connectivity index (χ0v) is 15.1. The van der Waals surface area contributed by atoms with Gasteiger partial charge >= 0.3 is 0 Å². The highest BCUT2D eigenvalue weighted by molar-refractivity contribution is 5.79. The second-order valence-corrected chi connectivity index (χ2v) is 5.85. The van der Waals surface area contributed by atoms with Crippen LogP contribution in [-0.4, -0.2) is 25.7 Å². The van der Waals surface area contributed by atoms with Gasteiger partial charge in [-0.2, -0.15) is 0 Å². The van der Waals surface area contributed by atoms with Gasteiger partial charge in [0.05, 0.1) is 13.2 Å². The van der Waals surface area contributed by atoms with E-state index in [0.717, 1.165) is 38.5 Å². The molecule has 0 aliphatic rings. The minimum atomic E-state index is 0.690. The molecule has 2 rings (SSSR count). The van der Waals surface area contributed by atoms with Crippen LogP contribution in [0.5, 0.6) is 0 Å². The lowest BCUT2D eigenvalue weighted by molar-refractivity contribution is 0.117. The predicted molar refractivity (Wildman–Crippen MR) is 105 cm³/mol.